The van der Waals surface area contributed by atoms with Crippen molar-refractivity contribution >= 4 is 32.5 Å². The maximum absolute atomic E-state index is 4.42. The minimum atomic E-state index is 0.906. The number of benzene rings is 1. The molecule has 2 rings (SSSR count). The molecule has 0 aliphatic carbocycles. The van der Waals surface area contributed by atoms with E-state index in [4.69, 9.17) is 0 Å². The highest BCUT2D eigenvalue weighted by molar-refractivity contribution is 9.10. The zero-order valence-electron chi connectivity index (χ0n) is 10.8. The van der Waals surface area contributed by atoms with Gasteiger partial charge in [0.1, 0.15) is 5.82 Å². The predicted molar refractivity (Wildman–Crippen MR) is 81.1 cm³/mol. The Morgan fingerprint density at radius 2 is 2.11 bits per heavy atom. The molecule has 1 aromatic carbocycles. The van der Waals surface area contributed by atoms with Crippen LogP contribution >= 0.6 is 15.9 Å². The predicted octanol–water partition coefficient (Wildman–Crippen LogP) is 3.36. The number of pyridine rings is 1. The fraction of sp³-hybridized carbons (Fsp3) is 0.357. The Kier molecular flexibility index (Phi) is 4.55. The Balaban J connectivity index is 2.16. The molecule has 1 aromatic heterocycles. The molecule has 0 unspecified atom stereocenters. The summed E-state index contributed by atoms with van der Waals surface area (Å²) in [5.41, 5.74) is 0. The molecule has 96 valence electrons. The molecule has 1 heterocycles. The van der Waals surface area contributed by atoms with Gasteiger partial charge in [-0.3, -0.25) is 0 Å². The van der Waals surface area contributed by atoms with E-state index in [1.807, 2.05) is 18.3 Å². The lowest BCUT2D eigenvalue weighted by Crippen LogP contribution is -2.24. The van der Waals surface area contributed by atoms with E-state index in [0.717, 1.165) is 35.3 Å². The molecule has 3 nitrogen and oxygen atoms in total. The quantitative estimate of drug-likeness (QED) is 0.918. The normalized spacial score (nSPS) is 11.1. The SMILES string of the molecule is CCN(C)CCNc1nccc2c(Br)cccc12. The van der Waals surface area contributed by atoms with Crippen molar-refractivity contribution in [2.24, 2.45) is 0 Å². The van der Waals surface area contributed by atoms with Gasteiger partial charge in [0.25, 0.3) is 0 Å². The van der Waals surface area contributed by atoms with Crippen molar-refractivity contribution in [3.8, 4) is 0 Å². The maximum Gasteiger partial charge on any atom is 0.133 e. The van der Waals surface area contributed by atoms with Crippen molar-refractivity contribution in [1.82, 2.24) is 9.88 Å². The van der Waals surface area contributed by atoms with Gasteiger partial charge in [0.05, 0.1) is 0 Å². The Bertz CT molecular complexity index is 527. The molecule has 4 heteroatoms. The van der Waals surface area contributed by atoms with Gasteiger partial charge in [-0.1, -0.05) is 35.0 Å². The van der Waals surface area contributed by atoms with Gasteiger partial charge in [-0.05, 0) is 25.7 Å². The first-order valence-corrected chi connectivity index (χ1v) is 6.97. The summed E-state index contributed by atoms with van der Waals surface area (Å²) in [4.78, 5) is 6.69. The van der Waals surface area contributed by atoms with E-state index in [-0.39, 0.29) is 0 Å². The molecule has 2 aromatic rings. The second-order valence-electron chi connectivity index (χ2n) is 4.32. The van der Waals surface area contributed by atoms with Gasteiger partial charge >= 0.3 is 0 Å². The zero-order chi connectivity index (χ0) is 13.0. The lowest BCUT2D eigenvalue weighted by Gasteiger charge is -2.15. The summed E-state index contributed by atoms with van der Waals surface area (Å²) in [6.07, 6.45) is 1.85. The summed E-state index contributed by atoms with van der Waals surface area (Å²) < 4.78 is 1.11. The summed E-state index contributed by atoms with van der Waals surface area (Å²) in [5.74, 6) is 0.957. The van der Waals surface area contributed by atoms with E-state index in [2.05, 4.69) is 57.2 Å². The number of aromatic nitrogens is 1. The van der Waals surface area contributed by atoms with Gasteiger partial charge < -0.3 is 10.2 Å². The molecule has 0 aliphatic rings. The van der Waals surface area contributed by atoms with Crippen LogP contribution in [-0.4, -0.2) is 36.6 Å². The fourth-order valence-electron chi connectivity index (χ4n) is 1.83. The number of likely N-dealkylation sites (N-methyl/N-ethyl adjacent to an activating group) is 1. The molecule has 0 amide bonds. The lowest BCUT2D eigenvalue weighted by atomic mass is 10.1. The molecule has 0 spiro atoms. The van der Waals surface area contributed by atoms with Gasteiger partial charge in [-0.15, -0.1) is 0 Å². The maximum atomic E-state index is 4.42. The first kappa shape index (κ1) is 13.3. The number of fused-ring (bicyclic) bond motifs is 1. The first-order chi connectivity index (χ1) is 8.72. The third kappa shape index (κ3) is 3.00. The molecule has 0 fully saturated rings. The van der Waals surface area contributed by atoms with Crippen LogP contribution < -0.4 is 5.32 Å². The zero-order valence-corrected chi connectivity index (χ0v) is 12.4. The van der Waals surface area contributed by atoms with Crippen LogP contribution in [0.4, 0.5) is 5.82 Å². The largest absolute Gasteiger partial charge is 0.368 e. The van der Waals surface area contributed by atoms with Crippen LogP contribution in [0.3, 0.4) is 0 Å². The number of halogens is 1. The summed E-state index contributed by atoms with van der Waals surface area (Å²) >= 11 is 3.57. The van der Waals surface area contributed by atoms with Crippen LogP contribution in [0.1, 0.15) is 6.92 Å². The van der Waals surface area contributed by atoms with Crippen molar-refractivity contribution in [3.05, 3.63) is 34.9 Å². The van der Waals surface area contributed by atoms with Crippen molar-refractivity contribution in [3.63, 3.8) is 0 Å². The van der Waals surface area contributed by atoms with Crippen LogP contribution in [-0.2, 0) is 0 Å². The number of hydrogen-bond donors (Lipinski definition) is 1. The van der Waals surface area contributed by atoms with E-state index >= 15 is 0 Å². The van der Waals surface area contributed by atoms with Gasteiger partial charge in [-0.25, -0.2) is 4.98 Å². The van der Waals surface area contributed by atoms with Crippen LogP contribution in [0.5, 0.6) is 0 Å². The lowest BCUT2D eigenvalue weighted by molar-refractivity contribution is 0.367. The average Bonchev–Trinajstić information content (AvgIpc) is 2.39. The molecule has 0 radical (unpaired) electrons. The highest BCUT2D eigenvalue weighted by Crippen LogP contribution is 2.27. The Morgan fingerprint density at radius 1 is 1.28 bits per heavy atom. The van der Waals surface area contributed by atoms with E-state index in [9.17, 15) is 0 Å². The Morgan fingerprint density at radius 3 is 2.89 bits per heavy atom. The minimum Gasteiger partial charge on any atom is -0.368 e. The summed E-state index contributed by atoms with van der Waals surface area (Å²) in [6.45, 7) is 5.15. The van der Waals surface area contributed by atoms with Crippen molar-refractivity contribution < 1.29 is 0 Å². The van der Waals surface area contributed by atoms with E-state index < -0.39 is 0 Å². The summed E-state index contributed by atoms with van der Waals surface area (Å²) in [6, 6.07) is 8.22. The smallest absolute Gasteiger partial charge is 0.133 e. The molecular formula is C14H18BrN3. The first-order valence-electron chi connectivity index (χ1n) is 6.18. The van der Waals surface area contributed by atoms with E-state index in [0.29, 0.717) is 0 Å². The van der Waals surface area contributed by atoms with Gasteiger partial charge in [0, 0.05) is 34.5 Å². The van der Waals surface area contributed by atoms with Crippen molar-refractivity contribution in [1.29, 1.82) is 0 Å². The molecule has 0 aliphatic heterocycles. The highest BCUT2D eigenvalue weighted by atomic mass is 79.9. The Labute approximate surface area is 116 Å². The van der Waals surface area contributed by atoms with Crippen LogP contribution in [0.15, 0.2) is 34.9 Å². The molecule has 1 N–H and O–H groups in total. The summed E-state index contributed by atoms with van der Waals surface area (Å²) in [7, 11) is 2.12. The number of hydrogen-bond acceptors (Lipinski definition) is 3. The second-order valence-corrected chi connectivity index (χ2v) is 5.17. The fourth-order valence-corrected chi connectivity index (χ4v) is 2.33. The standard InChI is InChI=1S/C14H18BrN3/c1-3-18(2)10-9-17-14-12-5-4-6-13(15)11(12)7-8-16-14/h4-8H,3,9-10H2,1-2H3,(H,16,17). The number of nitrogens with one attached hydrogen (secondary N) is 1. The van der Waals surface area contributed by atoms with Crippen LogP contribution in [0.25, 0.3) is 10.8 Å². The molecular weight excluding hydrogens is 290 g/mol. The topological polar surface area (TPSA) is 28.2 Å². The van der Waals surface area contributed by atoms with Gasteiger partial charge in [0.15, 0.2) is 0 Å². The molecule has 0 saturated carbocycles. The molecule has 0 atom stereocenters. The molecule has 18 heavy (non-hydrogen) atoms. The summed E-state index contributed by atoms with van der Waals surface area (Å²) in [5, 5.41) is 5.76. The van der Waals surface area contributed by atoms with E-state index in [1.54, 1.807) is 0 Å². The monoisotopic (exact) mass is 307 g/mol. The highest BCUT2D eigenvalue weighted by Gasteiger charge is 2.04. The third-order valence-corrected chi connectivity index (χ3v) is 3.77. The third-order valence-electron chi connectivity index (χ3n) is 3.08. The number of rotatable bonds is 5. The van der Waals surface area contributed by atoms with Crippen molar-refractivity contribution in [2.75, 3.05) is 32.0 Å². The van der Waals surface area contributed by atoms with Crippen molar-refractivity contribution in [2.45, 2.75) is 6.92 Å². The Hall–Kier alpha value is -1.13. The molecule has 0 saturated heterocycles. The second kappa shape index (κ2) is 6.16. The minimum absolute atomic E-state index is 0.906. The van der Waals surface area contributed by atoms with Gasteiger partial charge in [-0.2, -0.15) is 0 Å². The molecule has 0 bridgehead atoms. The van der Waals surface area contributed by atoms with E-state index in [1.165, 1.54) is 5.39 Å². The van der Waals surface area contributed by atoms with Crippen LogP contribution in [0, 0.1) is 0 Å². The van der Waals surface area contributed by atoms with Gasteiger partial charge in [0.2, 0.25) is 0 Å². The van der Waals surface area contributed by atoms with Crippen LogP contribution in [0.2, 0.25) is 0 Å². The number of nitrogens with zero attached hydrogens (tertiary/aromatic N) is 2. The number of anilines is 1. The average molecular weight is 308 g/mol.